The predicted octanol–water partition coefficient (Wildman–Crippen LogP) is 3.31. The minimum absolute atomic E-state index is 0.127. The molecule has 1 N–H and O–H groups in total. The molecule has 0 unspecified atom stereocenters. The van der Waals surface area contributed by atoms with Gasteiger partial charge in [-0.3, -0.25) is 9.59 Å². The quantitative estimate of drug-likeness (QED) is 0.412. The van der Waals surface area contributed by atoms with E-state index in [1.165, 1.54) is 7.11 Å². The van der Waals surface area contributed by atoms with Gasteiger partial charge in [0.2, 0.25) is 0 Å². The van der Waals surface area contributed by atoms with Crippen molar-refractivity contribution in [2.45, 2.75) is 13.8 Å². The monoisotopic (exact) mass is 403 g/mol. The number of ether oxygens (including phenoxy) is 1. The molecular formula is C23H21N3O4. The molecule has 1 saturated heterocycles. The lowest BCUT2D eigenvalue weighted by molar-refractivity contribution is -0.143. The molecule has 2 heterocycles. The van der Waals surface area contributed by atoms with E-state index in [0.29, 0.717) is 0 Å². The van der Waals surface area contributed by atoms with Crippen LogP contribution in [0.1, 0.15) is 17.0 Å². The highest BCUT2D eigenvalue weighted by Gasteiger charge is 2.35. The lowest BCUT2D eigenvalue weighted by atomic mass is 10.1. The van der Waals surface area contributed by atoms with Crippen molar-refractivity contribution in [3.63, 3.8) is 0 Å². The number of hydrogen-bond donors (Lipinski definition) is 1. The molecule has 3 amide bonds. The van der Waals surface area contributed by atoms with E-state index in [-0.39, 0.29) is 5.70 Å². The second kappa shape index (κ2) is 7.51. The smallest absolute Gasteiger partial charge is 0.329 e. The van der Waals surface area contributed by atoms with Gasteiger partial charge in [-0.2, -0.15) is 0 Å². The number of methoxy groups -OCH3 is 1. The topological polar surface area (TPSA) is 80.6 Å². The van der Waals surface area contributed by atoms with Crippen LogP contribution >= 0.6 is 0 Å². The Balaban J connectivity index is 1.74. The average molecular weight is 403 g/mol. The molecule has 7 nitrogen and oxygen atoms in total. The molecule has 1 aliphatic heterocycles. The van der Waals surface area contributed by atoms with Gasteiger partial charge in [0.1, 0.15) is 12.2 Å². The molecule has 0 saturated carbocycles. The zero-order valence-corrected chi connectivity index (χ0v) is 16.9. The summed E-state index contributed by atoms with van der Waals surface area (Å²) in [5, 5.41) is 4.80. The number of urea groups is 1. The Labute approximate surface area is 173 Å². The van der Waals surface area contributed by atoms with Gasteiger partial charge < -0.3 is 14.6 Å². The molecule has 7 heteroatoms. The molecule has 4 rings (SSSR count). The molecule has 1 aromatic heterocycles. The summed E-state index contributed by atoms with van der Waals surface area (Å²) >= 11 is 0. The highest BCUT2D eigenvalue weighted by Crippen LogP contribution is 2.28. The number of carbonyl (C=O) groups excluding carboxylic acids is 3. The third kappa shape index (κ3) is 3.24. The number of imide groups is 1. The number of benzene rings is 2. The maximum atomic E-state index is 12.6. The van der Waals surface area contributed by atoms with Crippen molar-refractivity contribution in [2.75, 3.05) is 13.7 Å². The Kier molecular flexibility index (Phi) is 4.87. The van der Waals surface area contributed by atoms with Crippen molar-refractivity contribution in [1.29, 1.82) is 0 Å². The van der Waals surface area contributed by atoms with Crippen LogP contribution in [-0.4, -0.2) is 41.0 Å². The second-order valence-electron chi connectivity index (χ2n) is 7.12. The highest BCUT2D eigenvalue weighted by atomic mass is 16.5. The molecule has 152 valence electrons. The number of rotatable bonds is 4. The summed E-state index contributed by atoms with van der Waals surface area (Å²) in [5.41, 5.74) is 3.91. The van der Waals surface area contributed by atoms with Crippen LogP contribution < -0.4 is 5.32 Å². The fraction of sp³-hybridized carbons (Fsp3) is 0.174. The van der Waals surface area contributed by atoms with Crippen LogP contribution in [0, 0.1) is 13.8 Å². The van der Waals surface area contributed by atoms with Crippen molar-refractivity contribution in [2.24, 2.45) is 0 Å². The fourth-order valence-electron chi connectivity index (χ4n) is 3.77. The number of fused-ring (bicyclic) bond motifs is 1. The van der Waals surface area contributed by atoms with Crippen LogP contribution in [0.5, 0.6) is 0 Å². The first kappa shape index (κ1) is 19.4. The SMILES string of the molecule is COC(=O)CN1C(=O)N/C(=C/c2cc(C)n(-c3cccc4ccccc34)c2C)C1=O. The molecule has 3 aromatic rings. The number of esters is 1. The first-order valence-electron chi connectivity index (χ1n) is 9.49. The van der Waals surface area contributed by atoms with E-state index in [9.17, 15) is 14.4 Å². The molecule has 0 bridgehead atoms. The zero-order chi connectivity index (χ0) is 21.4. The molecule has 30 heavy (non-hydrogen) atoms. The van der Waals surface area contributed by atoms with Gasteiger partial charge >= 0.3 is 12.0 Å². The van der Waals surface area contributed by atoms with Crippen LogP contribution in [0.3, 0.4) is 0 Å². The highest BCUT2D eigenvalue weighted by molar-refractivity contribution is 6.15. The van der Waals surface area contributed by atoms with Gasteiger partial charge in [-0.25, -0.2) is 9.69 Å². The van der Waals surface area contributed by atoms with Crippen molar-refractivity contribution in [1.82, 2.24) is 14.8 Å². The Bertz CT molecular complexity index is 1220. The molecule has 0 radical (unpaired) electrons. The molecular weight excluding hydrogens is 382 g/mol. The van der Waals surface area contributed by atoms with Crippen LogP contribution in [0.2, 0.25) is 0 Å². The van der Waals surface area contributed by atoms with Gasteiger partial charge in [-0.05, 0) is 43.0 Å². The summed E-state index contributed by atoms with van der Waals surface area (Å²) in [6.45, 7) is 3.54. The van der Waals surface area contributed by atoms with Crippen molar-refractivity contribution >= 4 is 34.8 Å². The first-order valence-corrected chi connectivity index (χ1v) is 9.49. The standard InChI is InChI=1S/C23H21N3O4/c1-14-11-17(12-19-22(28)25(23(29)24-19)13-21(27)30-3)15(2)26(14)20-10-6-8-16-7-4-5-9-18(16)20/h4-12H,13H2,1-3H3,(H,24,29)/b19-12+. The van der Waals surface area contributed by atoms with Gasteiger partial charge in [0, 0.05) is 16.8 Å². The summed E-state index contributed by atoms with van der Waals surface area (Å²) in [4.78, 5) is 37.0. The molecule has 0 aliphatic carbocycles. The lowest BCUT2D eigenvalue weighted by Gasteiger charge is -2.13. The minimum atomic E-state index is -0.658. The molecule has 0 atom stereocenters. The third-order valence-corrected chi connectivity index (χ3v) is 5.25. The summed E-state index contributed by atoms with van der Waals surface area (Å²) in [6.07, 6.45) is 1.64. The van der Waals surface area contributed by atoms with Gasteiger partial charge in [0.25, 0.3) is 5.91 Å². The maximum Gasteiger partial charge on any atom is 0.329 e. The van der Waals surface area contributed by atoms with E-state index < -0.39 is 24.5 Å². The Morgan fingerprint density at radius 1 is 1.10 bits per heavy atom. The van der Waals surface area contributed by atoms with Crippen molar-refractivity contribution < 1.29 is 19.1 Å². The van der Waals surface area contributed by atoms with E-state index in [4.69, 9.17) is 0 Å². The van der Waals surface area contributed by atoms with E-state index in [1.807, 2.05) is 38.1 Å². The number of hydrogen-bond acceptors (Lipinski definition) is 4. The van der Waals surface area contributed by atoms with Gasteiger partial charge in [0.05, 0.1) is 12.8 Å². The molecule has 1 aliphatic rings. The number of nitrogens with zero attached hydrogens (tertiary/aromatic N) is 2. The lowest BCUT2D eigenvalue weighted by Crippen LogP contribution is -2.36. The summed E-state index contributed by atoms with van der Waals surface area (Å²) in [6, 6.07) is 15.6. The zero-order valence-electron chi connectivity index (χ0n) is 16.9. The van der Waals surface area contributed by atoms with Gasteiger partial charge in [-0.15, -0.1) is 0 Å². The number of aromatic nitrogens is 1. The van der Waals surface area contributed by atoms with E-state index in [2.05, 4.69) is 38.9 Å². The molecule has 1 fully saturated rings. The number of nitrogens with one attached hydrogen (secondary N) is 1. The largest absolute Gasteiger partial charge is 0.468 e. The van der Waals surface area contributed by atoms with E-state index >= 15 is 0 Å². The predicted molar refractivity (Wildman–Crippen MR) is 113 cm³/mol. The van der Waals surface area contributed by atoms with Gasteiger partial charge in [-0.1, -0.05) is 36.4 Å². The van der Waals surface area contributed by atoms with Gasteiger partial charge in [0.15, 0.2) is 0 Å². The third-order valence-electron chi connectivity index (χ3n) is 5.25. The first-order chi connectivity index (χ1) is 14.4. The van der Waals surface area contributed by atoms with Crippen molar-refractivity contribution in [3.8, 4) is 5.69 Å². The van der Waals surface area contributed by atoms with Crippen molar-refractivity contribution in [3.05, 3.63) is 71.2 Å². The Morgan fingerprint density at radius 3 is 2.60 bits per heavy atom. The summed E-state index contributed by atoms with van der Waals surface area (Å²) in [5.74, 6) is -1.21. The second-order valence-corrected chi connectivity index (χ2v) is 7.12. The molecule has 2 aromatic carbocycles. The number of amides is 3. The maximum absolute atomic E-state index is 12.6. The van der Waals surface area contributed by atoms with E-state index in [0.717, 1.165) is 38.3 Å². The summed E-state index contributed by atoms with van der Waals surface area (Å²) in [7, 11) is 1.21. The van der Waals surface area contributed by atoms with Crippen LogP contribution in [0.4, 0.5) is 4.79 Å². The van der Waals surface area contributed by atoms with Crippen LogP contribution in [-0.2, 0) is 14.3 Å². The van der Waals surface area contributed by atoms with Crippen LogP contribution in [0.15, 0.2) is 54.2 Å². The number of aryl methyl sites for hydroxylation is 1. The van der Waals surface area contributed by atoms with Crippen LogP contribution in [0.25, 0.3) is 22.5 Å². The Morgan fingerprint density at radius 2 is 1.83 bits per heavy atom. The van der Waals surface area contributed by atoms with E-state index in [1.54, 1.807) is 6.08 Å². The number of carbonyl (C=O) groups is 3. The average Bonchev–Trinajstić information content (AvgIpc) is 3.17. The Hall–Kier alpha value is -3.87. The minimum Gasteiger partial charge on any atom is -0.468 e. The normalized spacial score (nSPS) is 15.2. The fourth-order valence-corrected chi connectivity index (χ4v) is 3.77. The summed E-state index contributed by atoms with van der Waals surface area (Å²) < 4.78 is 6.68. The molecule has 0 spiro atoms.